The van der Waals surface area contributed by atoms with E-state index in [2.05, 4.69) is 26.1 Å². The van der Waals surface area contributed by atoms with Crippen LogP contribution in [0, 0.1) is 11.3 Å². The monoisotopic (exact) mass is 300 g/mol. The van der Waals surface area contributed by atoms with E-state index in [4.69, 9.17) is 9.84 Å². The van der Waals surface area contributed by atoms with Crippen molar-refractivity contribution < 1.29 is 19.4 Å². The van der Waals surface area contributed by atoms with Crippen LogP contribution < -0.4 is 5.32 Å². The van der Waals surface area contributed by atoms with E-state index in [1.807, 2.05) is 0 Å². The van der Waals surface area contributed by atoms with Crippen LogP contribution in [-0.2, 0) is 9.53 Å². The molecule has 1 aliphatic rings. The van der Waals surface area contributed by atoms with Crippen LogP contribution in [0.15, 0.2) is 0 Å². The Morgan fingerprint density at radius 3 is 2.33 bits per heavy atom. The van der Waals surface area contributed by atoms with Gasteiger partial charge in [0.2, 0.25) is 0 Å². The second kappa shape index (κ2) is 7.64. The van der Waals surface area contributed by atoms with E-state index >= 15 is 0 Å². The molecule has 1 aliphatic heterocycles. The Labute approximate surface area is 126 Å². The number of carboxylic acid groups (broad SMARTS) is 1. The first-order chi connectivity index (χ1) is 9.74. The number of carbonyl (C=O) groups is 2. The molecule has 0 bridgehead atoms. The molecule has 0 radical (unpaired) electrons. The third-order valence-corrected chi connectivity index (χ3v) is 4.22. The van der Waals surface area contributed by atoms with Crippen molar-refractivity contribution in [3.8, 4) is 0 Å². The molecule has 0 aromatic heterocycles. The molecule has 0 aromatic rings. The molecule has 122 valence electrons. The summed E-state index contributed by atoms with van der Waals surface area (Å²) in [6, 6.07) is -0.130. The minimum Gasteiger partial charge on any atom is -0.481 e. The molecule has 6 nitrogen and oxygen atoms in total. The number of methoxy groups -OCH3 is 1. The van der Waals surface area contributed by atoms with Gasteiger partial charge >= 0.3 is 12.0 Å². The Bertz CT molecular complexity index is 357. The van der Waals surface area contributed by atoms with Crippen LogP contribution in [0.4, 0.5) is 4.79 Å². The summed E-state index contributed by atoms with van der Waals surface area (Å²) in [5.41, 5.74) is 0.283. The minimum atomic E-state index is -0.929. The zero-order valence-electron chi connectivity index (χ0n) is 13.5. The summed E-state index contributed by atoms with van der Waals surface area (Å²) in [4.78, 5) is 24.5. The van der Waals surface area contributed by atoms with Gasteiger partial charge in [0.05, 0.1) is 12.5 Å². The lowest BCUT2D eigenvalue weighted by molar-refractivity contribution is -0.139. The lowest BCUT2D eigenvalue weighted by Crippen LogP contribution is -2.48. The summed E-state index contributed by atoms with van der Waals surface area (Å²) in [6.07, 6.45) is 1.43. The van der Waals surface area contributed by atoms with E-state index < -0.39 is 12.1 Å². The minimum absolute atomic E-state index is 0.108. The number of nitrogens with one attached hydrogen (secondary N) is 1. The first-order valence-corrected chi connectivity index (χ1v) is 7.51. The smallest absolute Gasteiger partial charge is 0.317 e. The van der Waals surface area contributed by atoms with Crippen LogP contribution in [0.1, 0.15) is 40.0 Å². The SMILES string of the molecule is COC(CNC(=O)N1CCC(C(C)(C)C)CC1)CC(=O)O. The van der Waals surface area contributed by atoms with E-state index in [0.717, 1.165) is 25.9 Å². The molecule has 6 heteroatoms. The van der Waals surface area contributed by atoms with Crippen molar-refractivity contribution in [2.45, 2.75) is 46.1 Å². The summed E-state index contributed by atoms with van der Waals surface area (Å²) in [6.45, 7) is 8.45. The molecule has 1 fully saturated rings. The number of amides is 2. The van der Waals surface area contributed by atoms with E-state index in [1.54, 1.807) is 4.90 Å². The van der Waals surface area contributed by atoms with Crippen LogP contribution in [0.25, 0.3) is 0 Å². The fraction of sp³-hybridized carbons (Fsp3) is 0.867. The second-order valence-corrected chi connectivity index (χ2v) is 6.77. The Balaban J connectivity index is 2.35. The van der Waals surface area contributed by atoms with Crippen molar-refractivity contribution in [2.24, 2.45) is 11.3 Å². The van der Waals surface area contributed by atoms with Gasteiger partial charge in [-0.05, 0) is 24.2 Å². The van der Waals surface area contributed by atoms with E-state index in [0.29, 0.717) is 5.92 Å². The quantitative estimate of drug-likeness (QED) is 0.813. The van der Waals surface area contributed by atoms with Gasteiger partial charge in [0.1, 0.15) is 0 Å². The maximum absolute atomic E-state index is 12.1. The molecule has 1 atom stereocenters. The van der Waals surface area contributed by atoms with Gasteiger partial charge in [0.25, 0.3) is 0 Å². The summed E-state index contributed by atoms with van der Waals surface area (Å²) in [5.74, 6) is -0.289. The van der Waals surface area contributed by atoms with Gasteiger partial charge in [-0.2, -0.15) is 0 Å². The molecule has 1 unspecified atom stereocenters. The van der Waals surface area contributed by atoms with Crippen LogP contribution in [0.2, 0.25) is 0 Å². The molecule has 0 saturated carbocycles. The summed E-state index contributed by atoms with van der Waals surface area (Å²) in [7, 11) is 1.45. The van der Waals surface area contributed by atoms with Crippen molar-refractivity contribution in [3.63, 3.8) is 0 Å². The van der Waals surface area contributed by atoms with Crippen LogP contribution in [0.3, 0.4) is 0 Å². The number of urea groups is 1. The Morgan fingerprint density at radius 1 is 1.33 bits per heavy atom. The van der Waals surface area contributed by atoms with Crippen molar-refractivity contribution >= 4 is 12.0 Å². The van der Waals surface area contributed by atoms with Gasteiger partial charge < -0.3 is 20.1 Å². The number of carbonyl (C=O) groups excluding carboxylic acids is 1. The number of likely N-dealkylation sites (tertiary alicyclic amines) is 1. The largest absolute Gasteiger partial charge is 0.481 e. The number of rotatable bonds is 5. The number of piperidine rings is 1. The van der Waals surface area contributed by atoms with E-state index in [-0.39, 0.29) is 24.4 Å². The highest BCUT2D eigenvalue weighted by Gasteiger charge is 2.30. The fourth-order valence-electron chi connectivity index (χ4n) is 2.70. The van der Waals surface area contributed by atoms with Crippen molar-refractivity contribution in [3.05, 3.63) is 0 Å². The Hall–Kier alpha value is -1.30. The fourth-order valence-corrected chi connectivity index (χ4v) is 2.70. The zero-order chi connectivity index (χ0) is 16.0. The Morgan fingerprint density at radius 2 is 1.90 bits per heavy atom. The zero-order valence-corrected chi connectivity index (χ0v) is 13.5. The normalized spacial score (nSPS) is 18.4. The van der Waals surface area contributed by atoms with E-state index in [9.17, 15) is 9.59 Å². The van der Waals surface area contributed by atoms with Crippen LogP contribution in [-0.4, -0.2) is 54.9 Å². The molecule has 1 rings (SSSR count). The maximum Gasteiger partial charge on any atom is 0.317 e. The van der Waals surface area contributed by atoms with Crippen molar-refractivity contribution in [2.75, 3.05) is 26.7 Å². The lowest BCUT2D eigenvalue weighted by atomic mass is 9.75. The molecule has 2 amide bonds. The first-order valence-electron chi connectivity index (χ1n) is 7.51. The number of carboxylic acids is 1. The molecule has 2 N–H and O–H groups in total. The second-order valence-electron chi connectivity index (χ2n) is 6.77. The van der Waals surface area contributed by atoms with Crippen LogP contribution >= 0.6 is 0 Å². The maximum atomic E-state index is 12.1. The standard InChI is InChI=1S/C15H28N2O4/c1-15(2,3)11-5-7-17(8-6-11)14(20)16-10-12(21-4)9-13(18)19/h11-12H,5-10H2,1-4H3,(H,16,20)(H,18,19). The molecule has 21 heavy (non-hydrogen) atoms. The summed E-state index contributed by atoms with van der Waals surface area (Å²) in [5, 5.41) is 11.5. The first kappa shape index (κ1) is 17.8. The van der Waals surface area contributed by atoms with Gasteiger partial charge in [-0.3, -0.25) is 4.79 Å². The third kappa shape index (κ3) is 5.91. The van der Waals surface area contributed by atoms with Crippen LogP contribution in [0.5, 0.6) is 0 Å². The molecule has 1 heterocycles. The number of nitrogens with zero attached hydrogens (tertiary/aromatic N) is 1. The average Bonchev–Trinajstić information content (AvgIpc) is 2.41. The number of ether oxygens (including phenoxy) is 1. The van der Waals surface area contributed by atoms with Gasteiger partial charge in [0.15, 0.2) is 0 Å². The van der Waals surface area contributed by atoms with Gasteiger partial charge in [-0.15, -0.1) is 0 Å². The predicted octanol–water partition coefficient (Wildman–Crippen LogP) is 1.94. The topological polar surface area (TPSA) is 78.9 Å². The molecule has 0 aromatic carbocycles. The third-order valence-electron chi connectivity index (χ3n) is 4.22. The number of hydrogen-bond donors (Lipinski definition) is 2. The number of hydrogen-bond acceptors (Lipinski definition) is 3. The van der Waals surface area contributed by atoms with Crippen molar-refractivity contribution in [1.29, 1.82) is 0 Å². The van der Waals surface area contributed by atoms with Gasteiger partial charge in [0, 0.05) is 26.7 Å². The van der Waals surface area contributed by atoms with Gasteiger partial charge in [-0.1, -0.05) is 20.8 Å². The predicted molar refractivity (Wildman–Crippen MR) is 80.2 cm³/mol. The highest BCUT2D eigenvalue weighted by atomic mass is 16.5. The molecular formula is C15H28N2O4. The summed E-state index contributed by atoms with van der Waals surface area (Å²) >= 11 is 0. The lowest BCUT2D eigenvalue weighted by Gasteiger charge is -2.38. The molecular weight excluding hydrogens is 272 g/mol. The highest BCUT2D eigenvalue weighted by Crippen LogP contribution is 2.34. The average molecular weight is 300 g/mol. The van der Waals surface area contributed by atoms with E-state index in [1.165, 1.54) is 7.11 Å². The highest BCUT2D eigenvalue weighted by molar-refractivity contribution is 5.74. The molecule has 0 aliphatic carbocycles. The Kier molecular flexibility index (Phi) is 6.45. The van der Waals surface area contributed by atoms with Crippen molar-refractivity contribution in [1.82, 2.24) is 10.2 Å². The summed E-state index contributed by atoms with van der Waals surface area (Å²) < 4.78 is 5.05. The van der Waals surface area contributed by atoms with Gasteiger partial charge in [-0.25, -0.2) is 4.79 Å². The molecule has 1 saturated heterocycles. The molecule has 0 spiro atoms. The number of aliphatic carboxylic acids is 1.